The van der Waals surface area contributed by atoms with Crippen molar-refractivity contribution < 1.29 is 12.8 Å². The molecule has 0 amide bonds. The standard InChI is InChI=1S/C11H12ClN3O3S/c1-11(2,19(13,16)17)10-15-14-9(18-10)7-3-5-8(12)6-4-7/h3-6H,1-2H3,(H2,13,16,17). The van der Waals surface area contributed by atoms with E-state index in [-0.39, 0.29) is 11.8 Å². The van der Waals surface area contributed by atoms with Crippen molar-refractivity contribution in [3.05, 3.63) is 35.2 Å². The molecule has 0 unspecified atom stereocenters. The number of primary sulfonamides is 1. The topological polar surface area (TPSA) is 99.1 Å². The number of halogens is 1. The Morgan fingerprint density at radius 1 is 1.21 bits per heavy atom. The average Bonchev–Trinajstić information content (AvgIpc) is 2.78. The van der Waals surface area contributed by atoms with Gasteiger partial charge in [-0.05, 0) is 38.1 Å². The van der Waals surface area contributed by atoms with Crippen molar-refractivity contribution in [1.29, 1.82) is 0 Å². The first-order valence-corrected chi connectivity index (χ1v) is 7.26. The minimum atomic E-state index is -3.85. The summed E-state index contributed by atoms with van der Waals surface area (Å²) in [5, 5.41) is 13.3. The first-order chi connectivity index (χ1) is 8.72. The van der Waals surface area contributed by atoms with Crippen LogP contribution >= 0.6 is 11.6 Å². The second-order valence-corrected chi connectivity index (χ2v) is 7.02. The van der Waals surface area contributed by atoms with Gasteiger partial charge in [0.1, 0.15) is 0 Å². The van der Waals surface area contributed by atoms with E-state index in [0.29, 0.717) is 10.6 Å². The van der Waals surface area contributed by atoms with Crippen molar-refractivity contribution in [3.63, 3.8) is 0 Å². The summed E-state index contributed by atoms with van der Waals surface area (Å²) in [4.78, 5) is 0. The van der Waals surface area contributed by atoms with Crippen molar-refractivity contribution in [1.82, 2.24) is 10.2 Å². The fourth-order valence-corrected chi connectivity index (χ4v) is 1.75. The van der Waals surface area contributed by atoms with Gasteiger partial charge in [0.15, 0.2) is 4.75 Å². The predicted octanol–water partition coefficient (Wildman–Crippen LogP) is 1.91. The number of aromatic nitrogens is 2. The molecule has 0 aliphatic heterocycles. The highest BCUT2D eigenvalue weighted by molar-refractivity contribution is 7.90. The lowest BCUT2D eigenvalue weighted by molar-refractivity contribution is 0.439. The highest BCUT2D eigenvalue weighted by atomic mass is 35.5. The number of rotatable bonds is 3. The number of hydrogen-bond acceptors (Lipinski definition) is 5. The van der Waals surface area contributed by atoms with E-state index in [1.807, 2.05) is 0 Å². The molecule has 0 saturated carbocycles. The first-order valence-electron chi connectivity index (χ1n) is 5.34. The summed E-state index contributed by atoms with van der Waals surface area (Å²) in [6.07, 6.45) is 0. The number of nitrogens with two attached hydrogens (primary N) is 1. The van der Waals surface area contributed by atoms with Crippen molar-refractivity contribution >= 4 is 21.6 Å². The Morgan fingerprint density at radius 3 is 2.32 bits per heavy atom. The van der Waals surface area contributed by atoms with Gasteiger partial charge in [-0.1, -0.05) is 11.6 Å². The molecule has 102 valence electrons. The second kappa shape index (κ2) is 4.59. The van der Waals surface area contributed by atoms with Gasteiger partial charge < -0.3 is 4.42 Å². The molecule has 2 rings (SSSR count). The van der Waals surface area contributed by atoms with E-state index in [1.165, 1.54) is 13.8 Å². The summed E-state index contributed by atoms with van der Waals surface area (Å²) in [7, 11) is -3.85. The fourth-order valence-electron chi connectivity index (χ4n) is 1.30. The van der Waals surface area contributed by atoms with E-state index in [9.17, 15) is 8.42 Å². The van der Waals surface area contributed by atoms with Crippen LogP contribution in [0.25, 0.3) is 11.5 Å². The first kappa shape index (κ1) is 14.0. The summed E-state index contributed by atoms with van der Waals surface area (Å²) in [5.41, 5.74) is 0.647. The molecule has 0 saturated heterocycles. The third-order valence-electron chi connectivity index (χ3n) is 2.74. The van der Waals surface area contributed by atoms with Gasteiger partial charge in [0.2, 0.25) is 21.8 Å². The van der Waals surface area contributed by atoms with Gasteiger partial charge in [0, 0.05) is 10.6 Å². The predicted molar refractivity (Wildman–Crippen MR) is 70.9 cm³/mol. The lowest BCUT2D eigenvalue weighted by Gasteiger charge is -2.16. The minimum Gasteiger partial charge on any atom is -0.419 e. The Balaban J connectivity index is 2.42. The summed E-state index contributed by atoms with van der Waals surface area (Å²) >= 11 is 5.77. The van der Waals surface area contributed by atoms with Crippen molar-refractivity contribution in [3.8, 4) is 11.5 Å². The number of benzene rings is 1. The molecule has 1 heterocycles. The molecular formula is C11H12ClN3O3S. The molecule has 1 aromatic heterocycles. The number of hydrogen-bond donors (Lipinski definition) is 1. The van der Waals surface area contributed by atoms with Gasteiger partial charge in [-0.2, -0.15) is 0 Å². The van der Waals surface area contributed by atoms with E-state index >= 15 is 0 Å². The number of nitrogens with zero attached hydrogens (tertiary/aromatic N) is 2. The SMILES string of the molecule is CC(C)(c1nnc(-c2ccc(Cl)cc2)o1)S(N)(=O)=O. The molecule has 8 heteroatoms. The quantitative estimate of drug-likeness (QED) is 0.933. The normalized spacial score (nSPS) is 12.6. The van der Waals surface area contributed by atoms with Crippen LogP contribution in [0.5, 0.6) is 0 Å². The zero-order chi connectivity index (χ0) is 14.3. The molecular weight excluding hydrogens is 290 g/mol. The summed E-state index contributed by atoms with van der Waals surface area (Å²) in [6, 6.07) is 6.74. The molecule has 2 N–H and O–H groups in total. The fraction of sp³-hybridized carbons (Fsp3) is 0.273. The van der Waals surface area contributed by atoms with Gasteiger partial charge in [0.25, 0.3) is 0 Å². The molecule has 19 heavy (non-hydrogen) atoms. The molecule has 2 aromatic rings. The third kappa shape index (κ3) is 2.63. The molecule has 0 aliphatic rings. The Bertz CT molecular complexity index is 692. The average molecular weight is 302 g/mol. The molecule has 0 fully saturated rings. The molecule has 0 spiro atoms. The monoisotopic (exact) mass is 301 g/mol. The van der Waals surface area contributed by atoms with Crippen molar-refractivity contribution in [2.75, 3.05) is 0 Å². The summed E-state index contributed by atoms with van der Waals surface area (Å²) in [5.74, 6) is 0.156. The van der Waals surface area contributed by atoms with E-state index < -0.39 is 14.8 Å². The molecule has 0 atom stereocenters. The summed E-state index contributed by atoms with van der Waals surface area (Å²) in [6.45, 7) is 2.81. The van der Waals surface area contributed by atoms with E-state index in [1.54, 1.807) is 24.3 Å². The van der Waals surface area contributed by atoms with Crippen LogP contribution in [0.15, 0.2) is 28.7 Å². The van der Waals surface area contributed by atoms with Crippen LogP contribution in [0.2, 0.25) is 5.02 Å². The lowest BCUT2D eigenvalue weighted by atomic mass is 10.2. The van der Waals surface area contributed by atoms with Crippen molar-refractivity contribution in [2.45, 2.75) is 18.6 Å². The highest BCUT2D eigenvalue weighted by Gasteiger charge is 2.39. The van der Waals surface area contributed by atoms with Crippen molar-refractivity contribution in [2.24, 2.45) is 5.14 Å². The van der Waals surface area contributed by atoms with Crippen LogP contribution in [0.1, 0.15) is 19.7 Å². The maximum absolute atomic E-state index is 11.5. The minimum absolute atomic E-state index is 0.0556. The summed E-state index contributed by atoms with van der Waals surface area (Å²) < 4.78 is 26.9. The van der Waals surface area contributed by atoms with Gasteiger partial charge in [-0.3, -0.25) is 0 Å². The van der Waals surface area contributed by atoms with E-state index in [2.05, 4.69) is 10.2 Å². The van der Waals surface area contributed by atoms with Crippen LogP contribution in [0, 0.1) is 0 Å². The Morgan fingerprint density at radius 2 is 1.79 bits per heavy atom. The Labute approximate surface area is 115 Å². The molecule has 0 bridgehead atoms. The second-order valence-electron chi connectivity index (χ2n) is 4.47. The van der Waals surface area contributed by atoms with Crippen LogP contribution < -0.4 is 5.14 Å². The Hall–Kier alpha value is -1.44. The van der Waals surface area contributed by atoms with Gasteiger partial charge in [-0.25, -0.2) is 13.6 Å². The Kier molecular flexibility index (Phi) is 3.38. The molecule has 1 aromatic carbocycles. The van der Waals surface area contributed by atoms with Crippen LogP contribution in [-0.2, 0) is 14.8 Å². The highest BCUT2D eigenvalue weighted by Crippen LogP contribution is 2.29. The van der Waals surface area contributed by atoms with E-state index in [0.717, 1.165) is 0 Å². The molecule has 6 nitrogen and oxygen atoms in total. The van der Waals surface area contributed by atoms with E-state index in [4.69, 9.17) is 21.2 Å². The molecule has 0 radical (unpaired) electrons. The zero-order valence-corrected chi connectivity index (χ0v) is 11.9. The van der Waals surface area contributed by atoms with Crippen LogP contribution in [0.3, 0.4) is 0 Å². The third-order valence-corrected chi connectivity index (χ3v) is 4.59. The van der Waals surface area contributed by atoms with Gasteiger partial charge >= 0.3 is 0 Å². The largest absolute Gasteiger partial charge is 0.419 e. The van der Waals surface area contributed by atoms with Gasteiger partial charge in [-0.15, -0.1) is 10.2 Å². The lowest BCUT2D eigenvalue weighted by Crippen LogP contribution is -2.35. The molecule has 0 aliphatic carbocycles. The zero-order valence-electron chi connectivity index (χ0n) is 10.3. The van der Waals surface area contributed by atoms with Gasteiger partial charge in [0.05, 0.1) is 0 Å². The maximum Gasteiger partial charge on any atom is 0.247 e. The van der Waals surface area contributed by atoms with Crippen LogP contribution in [-0.4, -0.2) is 18.6 Å². The smallest absolute Gasteiger partial charge is 0.247 e. The van der Waals surface area contributed by atoms with Crippen LogP contribution in [0.4, 0.5) is 0 Å². The maximum atomic E-state index is 11.5. The number of sulfonamides is 1.